The molecule has 1 unspecified atom stereocenters. The zero-order valence-electron chi connectivity index (χ0n) is 8.19. The lowest BCUT2D eigenvalue weighted by molar-refractivity contribution is -0.142. The maximum Gasteiger partial charge on any atom is 0.306 e. The highest BCUT2D eigenvalue weighted by Gasteiger charge is 2.17. The third kappa shape index (κ3) is 5.60. The number of aliphatic carboxylic acids is 1. The molecule has 0 spiro atoms. The monoisotopic (exact) mass is 190 g/mol. The molecule has 4 heteroatoms. The minimum atomic E-state index is -0.800. The molecule has 0 rings (SSSR count). The quantitative estimate of drug-likeness (QED) is 0.625. The third-order valence-electron chi connectivity index (χ3n) is 1.94. The summed E-state index contributed by atoms with van der Waals surface area (Å²) >= 11 is 0. The first kappa shape index (κ1) is 12.4. The normalized spacial score (nSPS) is 15.3. The molecule has 0 fully saturated rings. The summed E-state index contributed by atoms with van der Waals surface area (Å²) in [4.78, 5) is 10.5. The van der Waals surface area contributed by atoms with Crippen LogP contribution < -0.4 is 0 Å². The summed E-state index contributed by atoms with van der Waals surface area (Å²) in [5.41, 5.74) is 0. The van der Waals surface area contributed by atoms with Crippen molar-refractivity contribution in [2.45, 2.75) is 32.8 Å². The van der Waals surface area contributed by atoms with E-state index in [9.17, 15) is 4.79 Å². The van der Waals surface area contributed by atoms with Crippen molar-refractivity contribution in [3.05, 3.63) is 0 Å². The van der Waals surface area contributed by atoms with Crippen LogP contribution in [-0.2, 0) is 9.53 Å². The first-order chi connectivity index (χ1) is 6.11. The van der Waals surface area contributed by atoms with Crippen molar-refractivity contribution in [1.82, 2.24) is 0 Å². The standard InChI is InChI=1S/C9H18O4/c1-3-8(13-5-4-10)6-7(2)9(11)12/h7-8,10H,3-6H2,1-2H3,(H,11,12)/t7?,8-/m0/s1. The highest BCUT2D eigenvalue weighted by molar-refractivity contribution is 5.69. The molecule has 0 aliphatic rings. The Morgan fingerprint density at radius 2 is 2.15 bits per heavy atom. The predicted molar refractivity (Wildman–Crippen MR) is 48.5 cm³/mol. The number of hydrogen-bond acceptors (Lipinski definition) is 3. The maximum atomic E-state index is 10.5. The van der Waals surface area contributed by atoms with E-state index in [-0.39, 0.29) is 25.2 Å². The molecule has 4 nitrogen and oxygen atoms in total. The fourth-order valence-corrected chi connectivity index (χ4v) is 1.07. The second-order valence-corrected chi connectivity index (χ2v) is 3.10. The topological polar surface area (TPSA) is 66.8 Å². The van der Waals surface area contributed by atoms with Crippen LogP contribution in [0.2, 0.25) is 0 Å². The summed E-state index contributed by atoms with van der Waals surface area (Å²) in [6, 6.07) is 0. The van der Waals surface area contributed by atoms with E-state index in [0.29, 0.717) is 6.42 Å². The second kappa shape index (κ2) is 6.86. The van der Waals surface area contributed by atoms with Crippen LogP contribution in [0.3, 0.4) is 0 Å². The molecule has 0 bridgehead atoms. The fourth-order valence-electron chi connectivity index (χ4n) is 1.07. The van der Waals surface area contributed by atoms with Gasteiger partial charge in [-0.2, -0.15) is 0 Å². The van der Waals surface area contributed by atoms with Gasteiger partial charge >= 0.3 is 5.97 Å². The van der Waals surface area contributed by atoms with Gasteiger partial charge in [-0.05, 0) is 12.8 Å². The Morgan fingerprint density at radius 3 is 2.54 bits per heavy atom. The summed E-state index contributed by atoms with van der Waals surface area (Å²) in [6.45, 7) is 3.87. The van der Waals surface area contributed by atoms with Crippen LogP contribution in [-0.4, -0.2) is 35.5 Å². The van der Waals surface area contributed by atoms with Gasteiger partial charge in [0.05, 0.1) is 25.2 Å². The summed E-state index contributed by atoms with van der Waals surface area (Å²) in [5, 5.41) is 17.2. The van der Waals surface area contributed by atoms with E-state index in [1.165, 1.54) is 0 Å². The maximum absolute atomic E-state index is 10.5. The first-order valence-electron chi connectivity index (χ1n) is 4.57. The molecule has 13 heavy (non-hydrogen) atoms. The van der Waals surface area contributed by atoms with Gasteiger partial charge in [0.2, 0.25) is 0 Å². The Bertz CT molecular complexity index is 147. The van der Waals surface area contributed by atoms with Crippen LogP contribution in [0.1, 0.15) is 26.7 Å². The van der Waals surface area contributed by atoms with Crippen molar-refractivity contribution >= 4 is 5.97 Å². The number of aliphatic hydroxyl groups excluding tert-OH is 1. The Hall–Kier alpha value is -0.610. The average molecular weight is 190 g/mol. The zero-order valence-corrected chi connectivity index (χ0v) is 8.19. The molecule has 0 radical (unpaired) electrons. The third-order valence-corrected chi connectivity index (χ3v) is 1.94. The predicted octanol–water partition coefficient (Wildman–Crippen LogP) is 0.885. The van der Waals surface area contributed by atoms with Crippen molar-refractivity contribution in [3.8, 4) is 0 Å². The van der Waals surface area contributed by atoms with Crippen LogP contribution in [0, 0.1) is 5.92 Å². The fraction of sp³-hybridized carbons (Fsp3) is 0.889. The number of carboxylic acids is 1. The van der Waals surface area contributed by atoms with Crippen molar-refractivity contribution in [3.63, 3.8) is 0 Å². The molecule has 0 aromatic carbocycles. The highest BCUT2D eigenvalue weighted by Crippen LogP contribution is 2.12. The molecule has 0 aliphatic heterocycles. The van der Waals surface area contributed by atoms with E-state index in [1.807, 2.05) is 6.92 Å². The molecular weight excluding hydrogens is 172 g/mol. The van der Waals surface area contributed by atoms with Crippen molar-refractivity contribution in [2.24, 2.45) is 5.92 Å². The SMILES string of the molecule is CC[C@@H](CC(C)C(=O)O)OCCO. The van der Waals surface area contributed by atoms with Crippen LogP contribution in [0.5, 0.6) is 0 Å². The molecule has 0 aromatic heterocycles. The van der Waals surface area contributed by atoms with Gasteiger partial charge < -0.3 is 14.9 Å². The van der Waals surface area contributed by atoms with Crippen molar-refractivity contribution < 1.29 is 19.7 Å². The summed E-state index contributed by atoms with van der Waals surface area (Å²) in [5.74, 6) is -1.19. The first-order valence-corrected chi connectivity index (χ1v) is 4.57. The van der Waals surface area contributed by atoms with Gasteiger partial charge in [-0.1, -0.05) is 13.8 Å². The lowest BCUT2D eigenvalue weighted by Gasteiger charge is -2.17. The molecule has 0 saturated heterocycles. The number of aliphatic hydroxyl groups is 1. The van der Waals surface area contributed by atoms with E-state index in [2.05, 4.69) is 0 Å². The summed E-state index contributed by atoms with van der Waals surface area (Å²) < 4.78 is 5.25. The minimum Gasteiger partial charge on any atom is -0.481 e. The largest absolute Gasteiger partial charge is 0.481 e. The van der Waals surface area contributed by atoms with Crippen LogP contribution >= 0.6 is 0 Å². The molecule has 78 valence electrons. The van der Waals surface area contributed by atoms with E-state index >= 15 is 0 Å². The number of carboxylic acid groups (broad SMARTS) is 1. The minimum absolute atomic E-state index is 0.0159. The van der Waals surface area contributed by atoms with Crippen LogP contribution in [0.4, 0.5) is 0 Å². The molecular formula is C9H18O4. The van der Waals surface area contributed by atoms with Gasteiger partial charge in [0.15, 0.2) is 0 Å². The van der Waals surface area contributed by atoms with Gasteiger partial charge in [-0.25, -0.2) is 0 Å². The highest BCUT2D eigenvalue weighted by atomic mass is 16.5. The van der Waals surface area contributed by atoms with Crippen molar-refractivity contribution in [2.75, 3.05) is 13.2 Å². The Balaban J connectivity index is 3.75. The summed E-state index contributed by atoms with van der Waals surface area (Å²) in [6.07, 6.45) is 1.22. The molecule has 0 heterocycles. The van der Waals surface area contributed by atoms with Gasteiger partial charge in [0.1, 0.15) is 0 Å². The van der Waals surface area contributed by atoms with E-state index in [0.717, 1.165) is 6.42 Å². The van der Waals surface area contributed by atoms with Crippen LogP contribution in [0.15, 0.2) is 0 Å². The Morgan fingerprint density at radius 1 is 1.54 bits per heavy atom. The Labute approximate surface area is 78.5 Å². The van der Waals surface area contributed by atoms with E-state index < -0.39 is 5.97 Å². The molecule has 2 atom stereocenters. The lowest BCUT2D eigenvalue weighted by Crippen LogP contribution is -2.21. The summed E-state index contributed by atoms with van der Waals surface area (Å²) in [7, 11) is 0. The smallest absolute Gasteiger partial charge is 0.306 e. The molecule has 0 aromatic rings. The molecule has 0 saturated carbocycles. The van der Waals surface area contributed by atoms with E-state index in [1.54, 1.807) is 6.92 Å². The molecule has 0 amide bonds. The Kier molecular flexibility index (Phi) is 6.54. The van der Waals surface area contributed by atoms with Crippen molar-refractivity contribution in [1.29, 1.82) is 0 Å². The van der Waals surface area contributed by atoms with Gasteiger partial charge in [0.25, 0.3) is 0 Å². The van der Waals surface area contributed by atoms with Gasteiger partial charge in [-0.3, -0.25) is 4.79 Å². The average Bonchev–Trinajstić information content (AvgIpc) is 2.11. The lowest BCUT2D eigenvalue weighted by atomic mass is 10.0. The van der Waals surface area contributed by atoms with Gasteiger partial charge in [-0.15, -0.1) is 0 Å². The van der Waals surface area contributed by atoms with Crippen LogP contribution in [0.25, 0.3) is 0 Å². The number of ether oxygens (including phenoxy) is 1. The number of hydrogen-bond donors (Lipinski definition) is 2. The zero-order chi connectivity index (χ0) is 10.3. The number of rotatable bonds is 7. The molecule has 0 aliphatic carbocycles. The molecule has 2 N–H and O–H groups in total. The second-order valence-electron chi connectivity index (χ2n) is 3.10. The van der Waals surface area contributed by atoms with E-state index in [4.69, 9.17) is 14.9 Å². The number of carbonyl (C=O) groups is 1. The van der Waals surface area contributed by atoms with Gasteiger partial charge in [0, 0.05) is 0 Å².